The molecule has 0 aromatic heterocycles. The van der Waals surface area contributed by atoms with E-state index >= 15 is 0 Å². The summed E-state index contributed by atoms with van der Waals surface area (Å²) in [5.74, 6) is 0.412. The van der Waals surface area contributed by atoms with Crippen molar-refractivity contribution in [2.45, 2.75) is 18.8 Å². The van der Waals surface area contributed by atoms with Crippen molar-refractivity contribution < 1.29 is 9.90 Å². The molecular formula is C11H11BrO2. The molecular weight excluding hydrogens is 244 g/mol. The van der Waals surface area contributed by atoms with Crippen LogP contribution in [0.5, 0.6) is 0 Å². The Kier molecular flexibility index (Phi) is 2.70. The zero-order valence-corrected chi connectivity index (χ0v) is 9.25. The van der Waals surface area contributed by atoms with Crippen molar-refractivity contribution in [3.05, 3.63) is 33.8 Å². The van der Waals surface area contributed by atoms with E-state index < -0.39 is 0 Å². The van der Waals surface area contributed by atoms with Gasteiger partial charge in [-0.25, -0.2) is 0 Å². The second-order valence-electron chi connectivity index (χ2n) is 3.57. The molecule has 1 aromatic rings. The number of halogens is 1. The van der Waals surface area contributed by atoms with Crippen molar-refractivity contribution in [2.24, 2.45) is 0 Å². The molecule has 74 valence electrons. The van der Waals surface area contributed by atoms with Gasteiger partial charge in [0.2, 0.25) is 0 Å². The number of rotatable bonds is 2. The minimum Gasteiger partial charge on any atom is -0.396 e. The first-order valence-corrected chi connectivity index (χ1v) is 5.45. The lowest BCUT2D eigenvalue weighted by Crippen LogP contribution is -1.97. The summed E-state index contributed by atoms with van der Waals surface area (Å²) in [6, 6.07) is 5.79. The van der Waals surface area contributed by atoms with E-state index in [0.717, 1.165) is 15.6 Å². The predicted molar refractivity (Wildman–Crippen MR) is 57.5 cm³/mol. The van der Waals surface area contributed by atoms with Crippen molar-refractivity contribution in [3.8, 4) is 0 Å². The molecule has 2 rings (SSSR count). The molecule has 1 aliphatic carbocycles. The van der Waals surface area contributed by atoms with Crippen LogP contribution in [0.3, 0.4) is 0 Å². The molecule has 0 radical (unpaired) electrons. The van der Waals surface area contributed by atoms with Gasteiger partial charge in [0.05, 0.1) is 0 Å². The highest BCUT2D eigenvalue weighted by Gasteiger charge is 2.28. The average molecular weight is 255 g/mol. The highest BCUT2D eigenvalue weighted by molar-refractivity contribution is 9.10. The predicted octanol–water partition coefficient (Wildman–Crippen LogP) is 2.50. The molecule has 0 saturated carbocycles. The van der Waals surface area contributed by atoms with Crippen LogP contribution in [-0.4, -0.2) is 17.5 Å². The molecule has 0 fully saturated rings. The largest absolute Gasteiger partial charge is 0.396 e. The highest BCUT2D eigenvalue weighted by atomic mass is 79.9. The molecule has 0 bridgehead atoms. The summed E-state index contributed by atoms with van der Waals surface area (Å²) in [7, 11) is 0. The Balaban J connectivity index is 2.39. The van der Waals surface area contributed by atoms with Crippen molar-refractivity contribution in [1.29, 1.82) is 0 Å². The number of fused-ring (bicyclic) bond motifs is 1. The number of carbonyl (C=O) groups is 1. The van der Waals surface area contributed by atoms with Gasteiger partial charge in [0, 0.05) is 23.1 Å². The first-order valence-electron chi connectivity index (χ1n) is 4.66. The van der Waals surface area contributed by atoms with E-state index in [2.05, 4.69) is 15.9 Å². The summed E-state index contributed by atoms with van der Waals surface area (Å²) in [4.78, 5) is 11.6. The van der Waals surface area contributed by atoms with Crippen LogP contribution in [0.1, 0.15) is 34.7 Å². The van der Waals surface area contributed by atoms with Crippen LogP contribution in [0.2, 0.25) is 0 Å². The second-order valence-corrected chi connectivity index (χ2v) is 4.48. The van der Waals surface area contributed by atoms with Crippen molar-refractivity contribution >= 4 is 21.7 Å². The average Bonchev–Trinajstić information content (AvgIpc) is 2.44. The van der Waals surface area contributed by atoms with Gasteiger partial charge in [-0.3, -0.25) is 4.79 Å². The van der Waals surface area contributed by atoms with Crippen LogP contribution in [0.4, 0.5) is 0 Å². The second kappa shape index (κ2) is 3.83. The van der Waals surface area contributed by atoms with Crippen LogP contribution < -0.4 is 0 Å². The van der Waals surface area contributed by atoms with E-state index in [1.807, 2.05) is 18.2 Å². The number of hydrogen-bond acceptors (Lipinski definition) is 2. The lowest BCUT2D eigenvalue weighted by molar-refractivity contribution is 0.0986. The number of aliphatic hydroxyl groups is 1. The summed E-state index contributed by atoms with van der Waals surface area (Å²) < 4.78 is 0.939. The molecule has 0 aliphatic heterocycles. The zero-order valence-electron chi connectivity index (χ0n) is 7.66. The molecule has 1 aromatic carbocycles. The van der Waals surface area contributed by atoms with Crippen molar-refractivity contribution in [3.63, 3.8) is 0 Å². The number of aliphatic hydroxyl groups excluding tert-OH is 1. The third-order valence-corrected chi connectivity index (χ3v) is 3.16. The fourth-order valence-electron chi connectivity index (χ4n) is 1.98. The highest BCUT2D eigenvalue weighted by Crippen LogP contribution is 2.36. The fraction of sp³-hybridized carbons (Fsp3) is 0.364. The van der Waals surface area contributed by atoms with E-state index in [4.69, 9.17) is 5.11 Å². The van der Waals surface area contributed by atoms with E-state index in [1.165, 1.54) is 0 Å². The maximum absolute atomic E-state index is 11.6. The topological polar surface area (TPSA) is 37.3 Å². The minimum atomic E-state index is 0.146. The van der Waals surface area contributed by atoms with Gasteiger partial charge in [-0.15, -0.1) is 0 Å². The summed E-state index contributed by atoms with van der Waals surface area (Å²) in [5.41, 5.74) is 1.91. The summed E-state index contributed by atoms with van der Waals surface area (Å²) in [6.07, 6.45) is 1.23. The molecule has 1 atom stereocenters. The molecule has 2 nitrogen and oxygen atoms in total. The Morgan fingerprint density at radius 2 is 2.29 bits per heavy atom. The fourth-order valence-corrected chi connectivity index (χ4v) is 2.34. The monoisotopic (exact) mass is 254 g/mol. The molecule has 3 heteroatoms. The third-order valence-electron chi connectivity index (χ3n) is 2.66. The van der Waals surface area contributed by atoms with Gasteiger partial charge in [0.25, 0.3) is 0 Å². The number of Topliss-reactive ketones (excluding diaryl/α,β-unsaturated/α-hetero) is 1. The Labute approximate surface area is 91.1 Å². The van der Waals surface area contributed by atoms with E-state index in [9.17, 15) is 4.79 Å². The minimum absolute atomic E-state index is 0.146. The standard InChI is InChI=1S/C11H11BrO2/c12-8-1-2-9-7(3-4-13)5-11(14)10(9)6-8/h1-2,6-7,13H,3-5H2. The number of benzene rings is 1. The summed E-state index contributed by atoms with van der Waals surface area (Å²) in [6.45, 7) is 0.146. The molecule has 0 amide bonds. The summed E-state index contributed by atoms with van der Waals surface area (Å²) in [5, 5.41) is 8.87. The Bertz CT molecular complexity index is 374. The quantitative estimate of drug-likeness (QED) is 0.881. The first-order chi connectivity index (χ1) is 6.72. The maximum Gasteiger partial charge on any atom is 0.163 e. The lowest BCUT2D eigenvalue weighted by atomic mass is 9.98. The third kappa shape index (κ3) is 1.62. The number of ketones is 1. The molecule has 1 unspecified atom stereocenters. The van der Waals surface area contributed by atoms with Gasteiger partial charge in [-0.2, -0.15) is 0 Å². The Morgan fingerprint density at radius 1 is 1.50 bits per heavy atom. The summed E-state index contributed by atoms with van der Waals surface area (Å²) >= 11 is 3.35. The van der Waals surface area contributed by atoms with Gasteiger partial charge in [-0.1, -0.05) is 22.0 Å². The van der Waals surface area contributed by atoms with Gasteiger partial charge in [-0.05, 0) is 30.0 Å². The molecule has 14 heavy (non-hydrogen) atoms. The Hall–Kier alpha value is -0.670. The molecule has 0 heterocycles. The first kappa shape index (κ1) is 9.87. The van der Waals surface area contributed by atoms with Gasteiger partial charge in [0.1, 0.15) is 0 Å². The number of hydrogen-bond donors (Lipinski definition) is 1. The van der Waals surface area contributed by atoms with Crippen LogP contribution in [0, 0.1) is 0 Å². The van der Waals surface area contributed by atoms with Gasteiger partial charge >= 0.3 is 0 Å². The van der Waals surface area contributed by atoms with Crippen molar-refractivity contribution in [1.82, 2.24) is 0 Å². The van der Waals surface area contributed by atoms with Crippen molar-refractivity contribution in [2.75, 3.05) is 6.61 Å². The molecule has 1 aliphatic rings. The van der Waals surface area contributed by atoms with Crippen LogP contribution >= 0.6 is 15.9 Å². The smallest absolute Gasteiger partial charge is 0.163 e. The molecule has 1 N–H and O–H groups in total. The van der Waals surface area contributed by atoms with E-state index in [0.29, 0.717) is 12.8 Å². The lowest BCUT2D eigenvalue weighted by Gasteiger charge is -2.07. The van der Waals surface area contributed by atoms with Crippen LogP contribution in [0.15, 0.2) is 22.7 Å². The van der Waals surface area contributed by atoms with E-state index in [-0.39, 0.29) is 18.3 Å². The van der Waals surface area contributed by atoms with Crippen LogP contribution in [-0.2, 0) is 0 Å². The van der Waals surface area contributed by atoms with Gasteiger partial charge < -0.3 is 5.11 Å². The SMILES string of the molecule is O=C1CC(CCO)c2ccc(Br)cc21. The molecule has 0 saturated heterocycles. The number of carbonyl (C=O) groups excluding carboxylic acids is 1. The van der Waals surface area contributed by atoms with Crippen LogP contribution in [0.25, 0.3) is 0 Å². The maximum atomic E-state index is 11.6. The Morgan fingerprint density at radius 3 is 3.00 bits per heavy atom. The van der Waals surface area contributed by atoms with E-state index in [1.54, 1.807) is 0 Å². The normalized spacial score (nSPS) is 19.9. The molecule has 0 spiro atoms. The zero-order chi connectivity index (χ0) is 10.1. The van der Waals surface area contributed by atoms with Gasteiger partial charge in [0.15, 0.2) is 5.78 Å².